The second-order valence-corrected chi connectivity index (χ2v) is 8.52. The van der Waals surface area contributed by atoms with Crippen LogP contribution in [-0.4, -0.2) is 47.8 Å². The van der Waals surface area contributed by atoms with Crippen LogP contribution in [0.1, 0.15) is 5.56 Å². The molecule has 9 heteroatoms. The zero-order valence-electron chi connectivity index (χ0n) is 19.9. The second-order valence-electron chi connectivity index (χ2n) is 7.58. The minimum absolute atomic E-state index is 0.121. The molecule has 1 aromatic heterocycles. The van der Waals surface area contributed by atoms with Crippen LogP contribution in [0.5, 0.6) is 17.2 Å². The highest BCUT2D eigenvalue weighted by Gasteiger charge is 2.20. The van der Waals surface area contributed by atoms with Gasteiger partial charge in [-0.1, -0.05) is 41.6 Å². The first-order valence-corrected chi connectivity index (χ1v) is 11.8. The molecule has 3 aromatic carbocycles. The van der Waals surface area contributed by atoms with Crippen molar-refractivity contribution in [1.29, 1.82) is 0 Å². The molecule has 4 rings (SSSR count). The number of thioether (sulfide) groups is 1. The number of para-hydroxylation sites is 1. The van der Waals surface area contributed by atoms with Crippen LogP contribution in [-0.2, 0) is 4.79 Å². The van der Waals surface area contributed by atoms with Gasteiger partial charge >= 0.3 is 0 Å². The van der Waals surface area contributed by atoms with Gasteiger partial charge in [-0.05, 0) is 43.3 Å². The number of rotatable bonds is 9. The number of ether oxygens (including phenoxy) is 3. The molecular weight excluding hydrogens is 464 g/mol. The van der Waals surface area contributed by atoms with Crippen molar-refractivity contribution >= 4 is 23.4 Å². The van der Waals surface area contributed by atoms with Crippen molar-refractivity contribution in [1.82, 2.24) is 14.8 Å². The summed E-state index contributed by atoms with van der Waals surface area (Å²) >= 11 is 1.29. The van der Waals surface area contributed by atoms with Gasteiger partial charge in [0.05, 0.1) is 38.3 Å². The van der Waals surface area contributed by atoms with E-state index in [1.165, 1.54) is 11.8 Å². The number of amides is 1. The van der Waals surface area contributed by atoms with E-state index in [0.29, 0.717) is 33.9 Å². The Morgan fingerprint density at radius 3 is 2.37 bits per heavy atom. The van der Waals surface area contributed by atoms with Crippen molar-refractivity contribution in [2.24, 2.45) is 0 Å². The fourth-order valence-electron chi connectivity index (χ4n) is 3.52. The van der Waals surface area contributed by atoms with Gasteiger partial charge in [0.15, 0.2) is 11.0 Å². The van der Waals surface area contributed by atoms with E-state index >= 15 is 0 Å². The molecule has 0 unspecified atom stereocenters. The van der Waals surface area contributed by atoms with E-state index in [1.54, 1.807) is 39.5 Å². The first kappa shape index (κ1) is 24.2. The van der Waals surface area contributed by atoms with Gasteiger partial charge in [-0.2, -0.15) is 0 Å². The molecule has 1 heterocycles. The lowest BCUT2D eigenvalue weighted by atomic mass is 10.1. The summed E-state index contributed by atoms with van der Waals surface area (Å²) in [6.45, 7) is 2.03. The molecule has 0 saturated carbocycles. The van der Waals surface area contributed by atoms with Crippen LogP contribution in [0.2, 0.25) is 0 Å². The van der Waals surface area contributed by atoms with Gasteiger partial charge in [-0.15, -0.1) is 10.2 Å². The fraction of sp³-hybridized carbons (Fsp3) is 0.192. The number of carbonyl (C=O) groups excluding carboxylic acids is 1. The molecule has 180 valence electrons. The van der Waals surface area contributed by atoms with Gasteiger partial charge in [-0.25, -0.2) is 0 Å². The molecule has 8 nitrogen and oxygen atoms in total. The summed E-state index contributed by atoms with van der Waals surface area (Å²) in [5, 5.41) is 12.3. The maximum atomic E-state index is 12.8. The lowest BCUT2D eigenvalue weighted by Gasteiger charge is -2.13. The summed E-state index contributed by atoms with van der Waals surface area (Å²) in [5.41, 5.74) is 3.37. The van der Waals surface area contributed by atoms with E-state index in [0.717, 1.165) is 16.8 Å². The van der Waals surface area contributed by atoms with E-state index in [9.17, 15) is 4.79 Å². The lowest BCUT2D eigenvalue weighted by molar-refractivity contribution is -0.113. The summed E-state index contributed by atoms with van der Waals surface area (Å²) in [6.07, 6.45) is 0. The average Bonchev–Trinajstić information content (AvgIpc) is 3.31. The number of nitrogens with one attached hydrogen (secondary N) is 1. The van der Waals surface area contributed by atoms with E-state index in [1.807, 2.05) is 60.0 Å². The number of aryl methyl sites for hydroxylation is 1. The van der Waals surface area contributed by atoms with Crippen LogP contribution < -0.4 is 19.5 Å². The predicted molar refractivity (Wildman–Crippen MR) is 137 cm³/mol. The van der Waals surface area contributed by atoms with Gasteiger partial charge in [0.1, 0.15) is 17.2 Å². The molecule has 0 aliphatic carbocycles. The molecule has 4 aromatic rings. The summed E-state index contributed by atoms with van der Waals surface area (Å²) in [6, 6.07) is 20.9. The minimum Gasteiger partial charge on any atom is -0.497 e. The summed E-state index contributed by atoms with van der Waals surface area (Å²) < 4.78 is 18.1. The number of anilines is 1. The maximum Gasteiger partial charge on any atom is 0.234 e. The van der Waals surface area contributed by atoms with Crippen molar-refractivity contribution in [3.63, 3.8) is 0 Å². The third-order valence-corrected chi connectivity index (χ3v) is 6.22. The first-order valence-electron chi connectivity index (χ1n) is 10.8. The largest absolute Gasteiger partial charge is 0.497 e. The zero-order valence-corrected chi connectivity index (χ0v) is 20.8. The van der Waals surface area contributed by atoms with Crippen LogP contribution >= 0.6 is 11.8 Å². The normalized spacial score (nSPS) is 10.6. The van der Waals surface area contributed by atoms with Gasteiger partial charge in [0.2, 0.25) is 5.91 Å². The standard InChI is InChI=1S/C26H26N4O4S/c1-17-9-11-18(12-10-17)30-25(20-7-5-6-8-22(20)33-3)28-29-26(30)35-16-24(31)27-21-15-19(32-2)13-14-23(21)34-4/h5-15H,16H2,1-4H3,(H,27,31). The molecule has 0 radical (unpaired) electrons. The highest BCUT2D eigenvalue weighted by atomic mass is 32.2. The van der Waals surface area contributed by atoms with E-state index in [2.05, 4.69) is 15.5 Å². The monoisotopic (exact) mass is 490 g/mol. The third-order valence-electron chi connectivity index (χ3n) is 5.29. The Morgan fingerprint density at radius 2 is 1.66 bits per heavy atom. The Morgan fingerprint density at radius 1 is 0.914 bits per heavy atom. The van der Waals surface area contributed by atoms with Crippen molar-refractivity contribution in [3.8, 4) is 34.3 Å². The maximum absolute atomic E-state index is 12.8. The minimum atomic E-state index is -0.209. The number of nitrogens with zero attached hydrogens (tertiary/aromatic N) is 3. The molecule has 0 aliphatic heterocycles. The number of aromatic nitrogens is 3. The third kappa shape index (κ3) is 5.41. The summed E-state index contributed by atoms with van der Waals surface area (Å²) in [4.78, 5) is 12.8. The Balaban J connectivity index is 1.62. The van der Waals surface area contributed by atoms with Crippen LogP contribution in [0.3, 0.4) is 0 Å². The lowest BCUT2D eigenvalue weighted by Crippen LogP contribution is -2.15. The van der Waals surface area contributed by atoms with E-state index in [-0.39, 0.29) is 11.7 Å². The van der Waals surface area contributed by atoms with Crippen molar-refractivity contribution in [2.75, 3.05) is 32.4 Å². The number of methoxy groups -OCH3 is 3. The molecular formula is C26H26N4O4S. The van der Waals surface area contributed by atoms with Gasteiger partial charge in [0.25, 0.3) is 0 Å². The molecule has 1 amide bonds. The average molecular weight is 491 g/mol. The van der Waals surface area contributed by atoms with Crippen LogP contribution in [0.15, 0.2) is 71.9 Å². The molecule has 0 fully saturated rings. The number of hydrogen-bond donors (Lipinski definition) is 1. The van der Waals surface area contributed by atoms with Gasteiger partial charge < -0.3 is 19.5 Å². The Bertz CT molecular complexity index is 1320. The Kier molecular flexibility index (Phi) is 7.57. The molecule has 0 spiro atoms. The SMILES string of the molecule is COc1ccc(OC)c(NC(=O)CSc2nnc(-c3ccccc3OC)n2-c2ccc(C)cc2)c1. The smallest absolute Gasteiger partial charge is 0.234 e. The highest BCUT2D eigenvalue weighted by molar-refractivity contribution is 7.99. The number of benzene rings is 3. The molecule has 0 atom stereocenters. The Hall–Kier alpha value is -3.98. The molecule has 0 bridgehead atoms. The summed E-state index contributed by atoms with van der Waals surface area (Å²) in [5.74, 6) is 2.39. The fourth-order valence-corrected chi connectivity index (χ4v) is 4.27. The zero-order chi connectivity index (χ0) is 24.8. The van der Waals surface area contributed by atoms with Gasteiger partial charge in [-0.3, -0.25) is 9.36 Å². The predicted octanol–water partition coefficient (Wildman–Crippen LogP) is 5.00. The first-order chi connectivity index (χ1) is 17.0. The molecule has 1 N–H and O–H groups in total. The number of carbonyl (C=O) groups is 1. The van der Waals surface area contributed by atoms with Crippen LogP contribution in [0, 0.1) is 6.92 Å². The van der Waals surface area contributed by atoms with Crippen molar-refractivity contribution in [3.05, 3.63) is 72.3 Å². The van der Waals surface area contributed by atoms with Crippen LogP contribution in [0.4, 0.5) is 5.69 Å². The van der Waals surface area contributed by atoms with Crippen molar-refractivity contribution < 1.29 is 19.0 Å². The summed E-state index contributed by atoms with van der Waals surface area (Å²) in [7, 11) is 4.74. The van der Waals surface area contributed by atoms with Crippen molar-refractivity contribution in [2.45, 2.75) is 12.1 Å². The van der Waals surface area contributed by atoms with Crippen LogP contribution in [0.25, 0.3) is 17.1 Å². The van der Waals surface area contributed by atoms with E-state index in [4.69, 9.17) is 14.2 Å². The molecule has 35 heavy (non-hydrogen) atoms. The molecule has 0 saturated heterocycles. The Labute approximate surface area is 208 Å². The number of hydrogen-bond acceptors (Lipinski definition) is 7. The van der Waals surface area contributed by atoms with E-state index < -0.39 is 0 Å². The van der Waals surface area contributed by atoms with Gasteiger partial charge in [0, 0.05) is 11.8 Å². The molecule has 0 aliphatic rings. The quantitative estimate of drug-likeness (QED) is 0.330. The highest BCUT2D eigenvalue weighted by Crippen LogP contribution is 2.34. The topological polar surface area (TPSA) is 87.5 Å². The second kappa shape index (κ2) is 11.0.